The summed E-state index contributed by atoms with van der Waals surface area (Å²) in [6.07, 6.45) is 1.66. The molecule has 0 bridgehead atoms. The summed E-state index contributed by atoms with van der Waals surface area (Å²) < 4.78 is 5.29. The van der Waals surface area contributed by atoms with E-state index in [2.05, 4.69) is 20.8 Å². The number of hydrogen-bond donors (Lipinski definition) is 0. The molecule has 2 aromatic carbocycles. The number of benzene rings is 2. The number of aromatic nitrogens is 2. The molecule has 0 fully saturated rings. The molecule has 0 saturated carbocycles. The monoisotopic (exact) mass is 355 g/mol. The summed E-state index contributed by atoms with van der Waals surface area (Å²) in [7, 11) is -1.82. The van der Waals surface area contributed by atoms with Crippen molar-refractivity contribution in [2.45, 2.75) is 0 Å². The fourth-order valence-corrected chi connectivity index (χ4v) is 4.60. The summed E-state index contributed by atoms with van der Waals surface area (Å²) in [5, 5.41) is 4.02. The molecule has 0 N–H and O–H groups in total. The quantitative estimate of drug-likeness (QED) is 0.514. The normalized spacial score (nSPS) is 12.0. The average molecular weight is 355 g/mol. The second-order valence-corrected chi connectivity index (χ2v) is 7.89. The van der Waals surface area contributed by atoms with Gasteiger partial charge in [0.15, 0.2) is 5.30 Å². The Morgan fingerprint density at radius 2 is 1.87 bits per heavy atom. The van der Waals surface area contributed by atoms with Crippen molar-refractivity contribution in [2.75, 3.05) is 0 Å². The van der Waals surface area contributed by atoms with Crippen molar-refractivity contribution in [1.82, 2.24) is 9.97 Å². The Hall–Kier alpha value is -1.98. The number of rotatable bonds is 3. The summed E-state index contributed by atoms with van der Waals surface area (Å²) in [4.78, 5) is 20.9. The standard InChI is InChI=1S/C16H10N3OPS2/c20-21(19-16-17-9-10-22-16)12-7-5-11(6-8-12)15-18-13-3-1-2-4-14(13)23-15/h1-10H. The van der Waals surface area contributed by atoms with Crippen molar-refractivity contribution < 1.29 is 4.89 Å². The van der Waals surface area contributed by atoms with Gasteiger partial charge in [-0.3, -0.25) is 0 Å². The van der Waals surface area contributed by atoms with Crippen LogP contribution in [-0.2, 0) is 0 Å². The van der Waals surface area contributed by atoms with E-state index in [0.717, 1.165) is 20.8 Å². The molecule has 0 aliphatic heterocycles. The van der Waals surface area contributed by atoms with Crippen LogP contribution in [0.15, 0.2) is 64.9 Å². The topological polar surface area (TPSA) is 61.2 Å². The first-order valence-electron chi connectivity index (χ1n) is 6.84. The van der Waals surface area contributed by atoms with E-state index in [1.54, 1.807) is 17.5 Å². The molecule has 0 spiro atoms. The van der Waals surface area contributed by atoms with E-state index < -0.39 is 7.94 Å². The summed E-state index contributed by atoms with van der Waals surface area (Å²) in [6.45, 7) is 0. The molecule has 0 aliphatic carbocycles. The second kappa shape index (κ2) is 6.26. The van der Waals surface area contributed by atoms with Crippen LogP contribution >= 0.6 is 30.6 Å². The molecule has 4 rings (SSSR count). The molecule has 0 radical (unpaired) electrons. The lowest BCUT2D eigenvalue weighted by Gasteiger charge is -1.97. The van der Waals surface area contributed by atoms with Gasteiger partial charge in [0, 0.05) is 17.1 Å². The van der Waals surface area contributed by atoms with Crippen molar-refractivity contribution >= 4 is 51.3 Å². The lowest BCUT2D eigenvalue weighted by atomic mass is 10.2. The third-order valence-electron chi connectivity index (χ3n) is 3.22. The van der Waals surface area contributed by atoms with Crippen LogP contribution in [0.1, 0.15) is 0 Å². The van der Waals surface area contributed by atoms with E-state index in [1.807, 2.05) is 47.8 Å². The van der Waals surface area contributed by atoms with E-state index in [1.165, 1.54) is 11.3 Å². The smallest absolute Gasteiger partial charge is 0.253 e. The number of para-hydroxylation sites is 1. The molecule has 4 aromatic rings. The maximum Gasteiger partial charge on any atom is 0.253 e. The zero-order valence-electron chi connectivity index (χ0n) is 11.8. The Bertz CT molecular complexity index is 945. The van der Waals surface area contributed by atoms with Gasteiger partial charge < -0.3 is 4.89 Å². The predicted octanol–water partition coefficient (Wildman–Crippen LogP) is 4.32. The van der Waals surface area contributed by atoms with Crippen molar-refractivity contribution in [3.05, 3.63) is 60.1 Å². The predicted molar refractivity (Wildman–Crippen MR) is 95.8 cm³/mol. The lowest BCUT2D eigenvalue weighted by Crippen LogP contribution is -2.03. The Kier molecular flexibility index (Phi) is 3.97. The highest BCUT2D eigenvalue weighted by atomic mass is 32.1. The highest BCUT2D eigenvalue weighted by molar-refractivity contribution is 7.49. The first-order chi connectivity index (χ1) is 11.3. The number of nitrogens with zero attached hydrogens (tertiary/aromatic N) is 3. The molecule has 0 aliphatic rings. The third-order valence-corrected chi connectivity index (χ3v) is 6.22. The molecule has 4 nitrogen and oxygen atoms in total. The average Bonchev–Trinajstić information content (AvgIpc) is 3.24. The van der Waals surface area contributed by atoms with Crippen molar-refractivity contribution in [3.63, 3.8) is 0 Å². The molecule has 0 saturated heterocycles. The van der Waals surface area contributed by atoms with Crippen LogP contribution < -0.4 is 10.2 Å². The zero-order valence-corrected chi connectivity index (χ0v) is 14.3. The molecular formula is C16H10N3OPS2. The van der Waals surface area contributed by atoms with E-state index in [4.69, 9.17) is 0 Å². The maximum absolute atomic E-state index is 12.2. The lowest BCUT2D eigenvalue weighted by molar-refractivity contribution is -0.152. The Balaban J connectivity index is 1.65. The van der Waals surface area contributed by atoms with E-state index in [-0.39, 0.29) is 0 Å². The highest BCUT2D eigenvalue weighted by Crippen LogP contribution is 2.31. The van der Waals surface area contributed by atoms with Gasteiger partial charge in [-0.25, -0.2) is 9.97 Å². The molecule has 0 amide bonds. The zero-order chi connectivity index (χ0) is 15.6. The molecule has 2 heterocycles. The van der Waals surface area contributed by atoms with Crippen LogP contribution in [-0.4, -0.2) is 9.97 Å². The third kappa shape index (κ3) is 3.07. The van der Waals surface area contributed by atoms with Gasteiger partial charge in [-0.15, -0.1) is 11.3 Å². The van der Waals surface area contributed by atoms with Crippen LogP contribution in [0.4, 0.5) is 5.13 Å². The fourth-order valence-electron chi connectivity index (χ4n) is 2.13. The van der Waals surface area contributed by atoms with Crippen molar-refractivity contribution in [2.24, 2.45) is 4.74 Å². The molecule has 1 unspecified atom stereocenters. The molecule has 7 heteroatoms. The fraction of sp³-hybridized carbons (Fsp3) is 0. The van der Waals surface area contributed by atoms with Crippen molar-refractivity contribution in [1.29, 1.82) is 0 Å². The van der Waals surface area contributed by atoms with Crippen LogP contribution in [0, 0.1) is 0 Å². The van der Waals surface area contributed by atoms with Gasteiger partial charge in [0.1, 0.15) is 5.01 Å². The Labute approximate surface area is 141 Å². The van der Waals surface area contributed by atoms with Gasteiger partial charge in [0.05, 0.1) is 10.2 Å². The van der Waals surface area contributed by atoms with Gasteiger partial charge in [-0.2, -0.15) is 0 Å². The summed E-state index contributed by atoms with van der Waals surface area (Å²) >= 11 is 3.03. The Morgan fingerprint density at radius 1 is 1.04 bits per heavy atom. The van der Waals surface area contributed by atoms with Gasteiger partial charge in [0.2, 0.25) is 7.94 Å². The minimum Gasteiger partial charge on any atom is -0.607 e. The SMILES string of the molecule is [O-]/[P+](=N\c1nccs1)c1ccc(-c2nc3ccccc3s2)cc1. The summed E-state index contributed by atoms with van der Waals surface area (Å²) in [5.74, 6) is 0. The van der Waals surface area contributed by atoms with E-state index in [0.29, 0.717) is 10.4 Å². The van der Waals surface area contributed by atoms with Crippen LogP contribution in [0.2, 0.25) is 0 Å². The molecule has 112 valence electrons. The minimum atomic E-state index is -1.82. The molecule has 1 atom stereocenters. The van der Waals surface area contributed by atoms with E-state index >= 15 is 0 Å². The molecule has 2 aromatic heterocycles. The van der Waals surface area contributed by atoms with E-state index in [9.17, 15) is 4.89 Å². The minimum absolute atomic E-state index is 0.543. The first kappa shape index (κ1) is 14.6. The van der Waals surface area contributed by atoms with Crippen LogP contribution in [0.3, 0.4) is 0 Å². The summed E-state index contributed by atoms with van der Waals surface area (Å²) in [6, 6.07) is 15.6. The number of thiazole rings is 2. The number of hydrogen-bond acceptors (Lipinski definition) is 6. The van der Waals surface area contributed by atoms with Gasteiger partial charge >= 0.3 is 0 Å². The van der Waals surface area contributed by atoms with Gasteiger partial charge in [0.25, 0.3) is 5.13 Å². The highest BCUT2D eigenvalue weighted by Gasteiger charge is 2.10. The van der Waals surface area contributed by atoms with Crippen LogP contribution in [0.5, 0.6) is 0 Å². The molecular weight excluding hydrogens is 345 g/mol. The maximum atomic E-state index is 12.2. The van der Waals surface area contributed by atoms with Gasteiger partial charge in [-0.05, 0) is 41.1 Å². The van der Waals surface area contributed by atoms with Crippen molar-refractivity contribution in [3.8, 4) is 10.6 Å². The first-order valence-corrected chi connectivity index (χ1v) is 9.75. The molecule has 23 heavy (non-hydrogen) atoms. The Morgan fingerprint density at radius 3 is 2.61 bits per heavy atom. The largest absolute Gasteiger partial charge is 0.607 e. The number of fused-ring (bicyclic) bond motifs is 1. The second-order valence-electron chi connectivity index (χ2n) is 4.72. The van der Waals surface area contributed by atoms with Crippen LogP contribution in [0.25, 0.3) is 20.8 Å². The summed E-state index contributed by atoms with van der Waals surface area (Å²) in [5.41, 5.74) is 2.02. The van der Waals surface area contributed by atoms with Gasteiger partial charge in [-0.1, -0.05) is 23.5 Å².